The molecule has 0 aromatic rings. The van der Waals surface area contributed by atoms with Gasteiger partial charge in [0.2, 0.25) is 0 Å². The Morgan fingerprint density at radius 2 is 0.694 bits per heavy atom. The summed E-state index contributed by atoms with van der Waals surface area (Å²) in [5.74, 6) is -1.64. The molecule has 0 rings (SSSR count). The van der Waals surface area contributed by atoms with Crippen LogP contribution in [0.25, 0.3) is 0 Å². The molecule has 0 aromatic carbocycles. The van der Waals surface area contributed by atoms with Crippen LogP contribution in [0.1, 0.15) is 175 Å². The summed E-state index contributed by atoms with van der Waals surface area (Å²) >= 11 is 0. The minimum Gasteiger partial charge on any atom is -0.462 e. The van der Waals surface area contributed by atoms with Gasteiger partial charge in [0.25, 0.3) is 0 Å². The van der Waals surface area contributed by atoms with Gasteiger partial charge in [0.05, 0.1) is 19.8 Å². The predicted molar refractivity (Wildman–Crippen MR) is 297 cm³/mol. The van der Waals surface area contributed by atoms with Gasteiger partial charge < -0.3 is 24.2 Å². The van der Waals surface area contributed by atoms with Gasteiger partial charge >= 0.3 is 25.7 Å². The van der Waals surface area contributed by atoms with E-state index in [2.05, 4.69) is 154 Å². The molecule has 2 N–H and O–H groups in total. The topological polar surface area (TPSA) is 155 Å². The number of phosphoric ester groups is 1. The number of carbonyl (C=O) groups is 3. The third kappa shape index (κ3) is 50.3. The molecule has 0 aliphatic carbocycles. The van der Waals surface area contributed by atoms with E-state index in [1.807, 2.05) is 12.2 Å². The molecule has 0 radical (unpaired) electrons. The highest BCUT2D eigenvalue weighted by Crippen LogP contribution is 2.43. The maximum absolute atomic E-state index is 12.9. The molecule has 0 saturated carbocycles. The standard InChI is InChI=1S/C60H93O11P/c1-4-7-10-13-16-19-22-25-27-28-30-33-36-39-42-45-48-51-60(64)71-57(53-67-58(62)49-46-43-40-37-34-32-29-26-23-20-17-14-11-8-5-2)55-69-72(65,66)68-54-56(52-61)70-59(63)50-47-44-41-38-35-31-24-21-18-15-12-9-6-3/h7-12,16-21,25-27,29-31,33-35,37,39,42,56-57,61H,4-6,13-15,22-24,28,32,36,38,40-41,43-55H2,1-3H3,(H,65,66)/b10-7-,11-8-,12-9-,19-16-,20-17-,21-18-,27-25-,29-26-,33-30-,35-31-,37-34-,42-39-. The fourth-order valence-corrected chi connectivity index (χ4v) is 7.06. The van der Waals surface area contributed by atoms with Crippen molar-refractivity contribution in [2.45, 2.75) is 187 Å². The number of hydrogen-bond donors (Lipinski definition) is 2. The van der Waals surface area contributed by atoms with E-state index < -0.39 is 64.4 Å². The van der Waals surface area contributed by atoms with Gasteiger partial charge in [-0.3, -0.25) is 23.4 Å². The summed E-state index contributed by atoms with van der Waals surface area (Å²) in [4.78, 5) is 48.4. The largest absolute Gasteiger partial charge is 0.472 e. The first-order chi connectivity index (χ1) is 35.2. The Morgan fingerprint density at radius 1 is 0.389 bits per heavy atom. The number of carbonyl (C=O) groups excluding carboxylic acids is 3. The average Bonchev–Trinajstić information content (AvgIpc) is 3.37. The van der Waals surface area contributed by atoms with Gasteiger partial charge in [-0.2, -0.15) is 0 Å². The molecule has 0 fully saturated rings. The van der Waals surface area contributed by atoms with Crippen LogP contribution in [-0.2, 0) is 42.2 Å². The second-order valence-corrected chi connectivity index (χ2v) is 18.3. The summed E-state index contributed by atoms with van der Waals surface area (Å²) in [7, 11) is -4.79. The van der Waals surface area contributed by atoms with E-state index in [1.54, 1.807) is 0 Å². The SMILES string of the molecule is CC/C=C\C/C=C\C/C=C\C/C=C\C/C=C\CCCC(=O)OC(COC(=O)CCCC/C=C\C/C=C\C/C=C\C/C=C\CC)COP(=O)(O)OCC(CO)OC(=O)CCCCC/C=C\C/C=C\C/C=C\CC. The summed E-state index contributed by atoms with van der Waals surface area (Å²) in [6, 6.07) is 0. The number of phosphoric acid groups is 1. The number of aliphatic hydroxyl groups excluding tert-OH is 1. The smallest absolute Gasteiger partial charge is 0.462 e. The van der Waals surface area contributed by atoms with Crippen molar-refractivity contribution in [2.24, 2.45) is 0 Å². The molecular formula is C60H93O11P. The van der Waals surface area contributed by atoms with Crippen LogP contribution in [0.4, 0.5) is 0 Å². The number of rotatable bonds is 47. The fraction of sp³-hybridized carbons (Fsp3) is 0.550. The quantitative estimate of drug-likeness (QED) is 0.0197. The summed E-state index contributed by atoms with van der Waals surface area (Å²) in [5.41, 5.74) is 0. The third-order valence-corrected chi connectivity index (χ3v) is 11.2. The number of esters is 3. The molecule has 0 aromatic heterocycles. The molecule has 11 nitrogen and oxygen atoms in total. The first-order valence-corrected chi connectivity index (χ1v) is 28.2. The van der Waals surface area contributed by atoms with Gasteiger partial charge in [-0.25, -0.2) is 4.57 Å². The third-order valence-electron chi connectivity index (χ3n) is 10.2. The lowest BCUT2D eigenvalue weighted by Gasteiger charge is -2.21. The van der Waals surface area contributed by atoms with Crippen LogP contribution in [0.15, 0.2) is 146 Å². The fourth-order valence-electron chi connectivity index (χ4n) is 6.28. The van der Waals surface area contributed by atoms with Crippen LogP contribution in [0.5, 0.6) is 0 Å². The zero-order valence-corrected chi connectivity index (χ0v) is 45.2. The van der Waals surface area contributed by atoms with E-state index in [9.17, 15) is 28.9 Å². The minimum atomic E-state index is -4.79. The summed E-state index contributed by atoms with van der Waals surface area (Å²) in [5, 5.41) is 9.78. The maximum Gasteiger partial charge on any atom is 0.472 e. The molecule has 0 saturated heterocycles. The van der Waals surface area contributed by atoms with Crippen molar-refractivity contribution >= 4 is 25.7 Å². The Bertz CT molecular complexity index is 1760. The highest BCUT2D eigenvalue weighted by molar-refractivity contribution is 7.47. The molecule has 404 valence electrons. The number of ether oxygens (including phenoxy) is 3. The Balaban J connectivity index is 4.95. The van der Waals surface area contributed by atoms with E-state index in [-0.39, 0.29) is 19.3 Å². The van der Waals surface area contributed by atoms with Crippen LogP contribution in [0.2, 0.25) is 0 Å². The van der Waals surface area contributed by atoms with E-state index in [0.29, 0.717) is 25.7 Å². The van der Waals surface area contributed by atoms with Gasteiger partial charge in [-0.15, -0.1) is 0 Å². The normalized spacial score (nSPS) is 14.6. The number of unbranched alkanes of at least 4 members (excludes halogenated alkanes) is 6. The van der Waals surface area contributed by atoms with Gasteiger partial charge in [0.15, 0.2) is 6.10 Å². The van der Waals surface area contributed by atoms with Crippen molar-refractivity contribution in [3.05, 3.63) is 146 Å². The van der Waals surface area contributed by atoms with E-state index >= 15 is 0 Å². The zero-order chi connectivity index (χ0) is 52.7. The van der Waals surface area contributed by atoms with Crippen molar-refractivity contribution < 1.29 is 52.2 Å². The highest BCUT2D eigenvalue weighted by Gasteiger charge is 2.28. The maximum atomic E-state index is 12.9. The molecule has 72 heavy (non-hydrogen) atoms. The zero-order valence-electron chi connectivity index (χ0n) is 44.3. The molecule has 0 amide bonds. The molecular weight excluding hydrogens is 928 g/mol. The molecule has 0 aliphatic rings. The summed E-state index contributed by atoms with van der Waals surface area (Å²) in [6.07, 6.45) is 66.9. The lowest BCUT2D eigenvalue weighted by molar-refractivity contribution is -0.161. The second kappa shape index (κ2) is 52.7. The Morgan fingerprint density at radius 3 is 1.10 bits per heavy atom. The van der Waals surface area contributed by atoms with Crippen molar-refractivity contribution in [3.63, 3.8) is 0 Å². The van der Waals surface area contributed by atoms with Gasteiger partial charge in [-0.05, 0) is 128 Å². The molecule has 12 heteroatoms. The highest BCUT2D eigenvalue weighted by atomic mass is 31.2. The van der Waals surface area contributed by atoms with Crippen molar-refractivity contribution in [3.8, 4) is 0 Å². The van der Waals surface area contributed by atoms with E-state index in [4.69, 9.17) is 23.3 Å². The minimum absolute atomic E-state index is 0.0688. The Kier molecular flexibility index (Phi) is 49.3. The molecule has 3 unspecified atom stereocenters. The molecule has 0 spiro atoms. The summed E-state index contributed by atoms with van der Waals surface area (Å²) < 4.78 is 39.3. The van der Waals surface area contributed by atoms with Gasteiger partial charge in [0, 0.05) is 19.3 Å². The van der Waals surface area contributed by atoms with Crippen LogP contribution >= 0.6 is 7.82 Å². The van der Waals surface area contributed by atoms with Crippen molar-refractivity contribution in [1.29, 1.82) is 0 Å². The van der Waals surface area contributed by atoms with Crippen LogP contribution in [0, 0.1) is 0 Å². The number of hydrogen-bond acceptors (Lipinski definition) is 10. The molecule has 0 bridgehead atoms. The van der Waals surface area contributed by atoms with Gasteiger partial charge in [0.1, 0.15) is 12.7 Å². The first kappa shape index (κ1) is 67.4. The summed E-state index contributed by atoms with van der Waals surface area (Å²) in [6.45, 7) is 4.11. The molecule has 0 heterocycles. The molecule has 0 aliphatic heterocycles. The van der Waals surface area contributed by atoms with E-state index in [1.165, 1.54) is 0 Å². The Labute approximate surface area is 435 Å². The lowest BCUT2D eigenvalue weighted by Crippen LogP contribution is -2.30. The number of aliphatic hydroxyl groups is 1. The average molecular weight is 1020 g/mol. The number of allylic oxidation sites excluding steroid dienone is 24. The second-order valence-electron chi connectivity index (χ2n) is 16.9. The molecule has 3 atom stereocenters. The van der Waals surface area contributed by atoms with Crippen molar-refractivity contribution in [2.75, 3.05) is 26.4 Å². The first-order valence-electron chi connectivity index (χ1n) is 26.7. The van der Waals surface area contributed by atoms with Gasteiger partial charge in [-0.1, -0.05) is 173 Å². The lowest BCUT2D eigenvalue weighted by atomic mass is 10.1. The predicted octanol–water partition coefficient (Wildman–Crippen LogP) is 15.6. The van der Waals surface area contributed by atoms with Crippen molar-refractivity contribution in [1.82, 2.24) is 0 Å². The van der Waals surface area contributed by atoms with Crippen LogP contribution in [0.3, 0.4) is 0 Å². The monoisotopic (exact) mass is 1020 g/mol. The van der Waals surface area contributed by atoms with Crippen LogP contribution < -0.4 is 0 Å². The van der Waals surface area contributed by atoms with E-state index in [0.717, 1.165) is 109 Å². The van der Waals surface area contributed by atoms with Crippen LogP contribution in [-0.4, -0.2) is 66.5 Å². The Hall–Kier alpha value is -4.64.